The molecule has 1 saturated heterocycles. The van der Waals surface area contributed by atoms with Gasteiger partial charge in [-0.15, -0.1) is 11.3 Å². The molecule has 1 aliphatic heterocycles. The van der Waals surface area contributed by atoms with E-state index in [1.54, 1.807) is 34.7 Å². The van der Waals surface area contributed by atoms with Crippen LogP contribution in [0.2, 0.25) is 0 Å². The molecule has 2 atom stereocenters. The first-order chi connectivity index (χ1) is 14.1. The maximum Gasteiger partial charge on any atom is 0.230 e. The summed E-state index contributed by atoms with van der Waals surface area (Å²) in [6, 6.07) is 13.0. The maximum atomic E-state index is 13.2. The molecule has 0 spiro atoms. The molecule has 2 amide bonds. The number of aromatic nitrogens is 1. The molecule has 0 saturated carbocycles. The van der Waals surface area contributed by atoms with Gasteiger partial charge in [-0.05, 0) is 30.5 Å². The number of methoxy groups -OCH3 is 1. The van der Waals surface area contributed by atoms with E-state index in [0.29, 0.717) is 11.4 Å². The standard InChI is InChI=1S/C22H21N3O3S/c1-14-5-7-15(8-6-14)25-20(26)12-16(21(25)19-4-3-11-29-19)22(27)24-17-13-23-10-9-18(17)28-2/h3-11,13,16,21H,12H2,1-2H3,(H,24,27). The Bertz CT molecular complexity index is 1020. The van der Waals surface area contributed by atoms with Crippen LogP contribution in [0.3, 0.4) is 0 Å². The van der Waals surface area contributed by atoms with Crippen LogP contribution >= 0.6 is 11.3 Å². The largest absolute Gasteiger partial charge is 0.494 e. The first-order valence-electron chi connectivity index (χ1n) is 9.29. The molecule has 1 fully saturated rings. The first-order valence-corrected chi connectivity index (χ1v) is 10.2. The number of nitrogens with zero attached hydrogens (tertiary/aromatic N) is 2. The monoisotopic (exact) mass is 407 g/mol. The van der Waals surface area contributed by atoms with Crippen LogP contribution in [0.15, 0.2) is 60.2 Å². The highest BCUT2D eigenvalue weighted by atomic mass is 32.1. The molecule has 29 heavy (non-hydrogen) atoms. The number of carbonyl (C=O) groups is 2. The number of thiophene rings is 1. The fourth-order valence-electron chi connectivity index (χ4n) is 3.64. The normalized spacial score (nSPS) is 18.7. The van der Waals surface area contributed by atoms with Gasteiger partial charge in [0.15, 0.2) is 0 Å². The Hall–Kier alpha value is -3.19. The second-order valence-corrected chi connectivity index (χ2v) is 7.91. The molecule has 148 valence electrons. The van der Waals surface area contributed by atoms with E-state index >= 15 is 0 Å². The smallest absolute Gasteiger partial charge is 0.230 e. The summed E-state index contributed by atoms with van der Waals surface area (Å²) < 4.78 is 5.30. The lowest BCUT2D eigenvalue weighted by atomic mass is 9.97. The minimum absolute atomic E-state index is 0.0643. The third kappa shape index (κ3) is 3.73. The molecular formula is C22H21N3O3S. The summed E-state index contributed by atoms with van der Waals surface area (Å²) >= 11 is 1.55. The highest BCUT2D eigenvalue weighted by Gasteiger charge is 2.45. The number of aryl methyl sites for hydroxylation is 1. The molecule has 4 rings (SSSR count). The van der Waals surface area contributed by atoms with Crippen LogP contribution in [0, 0.1) is 12.8 Å². The van der Waals surface area contributed by atoms with E-state index in [2.05, 4.69) is 10.3 Å². The molecular weight excluding hydrogens is 386 g/mol. The molecule has 2 unspecified atom stereocenters. The van der Waals surface area contributed by atoms with Crippen molar-refractivity contribution < 1.29 is 14.3 Å². The number of hydrogen-bond donors (Lipinski definition) is 1. The number of anilines is 2. The van der Waals surface area contributed by atoms with Gasteiger partial charge in [0, 0.05) is 29.2 Å². The van der Waals surface area contributed by atoms with Gasteiger partial charge in [-0.25, -0.2) is 0 Å². The quantitative estimate of drug-likeness (QED) is 0.688. The molecule has 6 nitrogen and oxygen atoms in total. The summed E-state index contributed by atoms with van der Waals surface area (Å²) in [6.45, 7) is 2.00. The van der Waals surface area contributed by atoms with Crippen molar-refractivity contribution in [2.24, 2.45) is 5.92 Å². The topological polar surface area (TPSA) is 71.5 Å². The van der Waals surface area contributed by atoms with Gasteiger partial charge in [0.25, 0.3) is 0 Å². The number of pyridine rings is 1. The van der Waals surface area contributed by atoms with Crippen LogP contribution in [0.1, 0.15) is 22.9 Å². The number of amides is 2. The summed E-state index contributed by atoms with van der Waals surface area (Å²) in [4.78, 5) is 33.0. The number of hydrogen-bond acceptors (Lipinski definition) is 5. The summed E-state index contributed by atoms with van der Waals surface area (Å²) in [6.07, 6.45) is 3.29. The highest BCUT2D eigenvalue weighted by molar-refractivity contribution is 7.10. The van der Waals surface area contributed by atoms with E-state index in [9.17, 15) is 9.59 Å². The van der Waals surface area contributed by atoms with Gasteiger partial charge in [0.05, 0.1) is 25.3 Å². The number of benzene rings is 1. The summed E-state index contributed by atoms with van der Waals surface area (Å²) in [5.41, 5.74) is 2.41. The zero-order valence-corrected chi connectivity index (χ0v) is 17.0. The lowest BCUT2D eigenvalue weighted by molar-refractivity contribution is -0.122. The molecule has 0 aliphatic carbocycles. The van der Waals surface area contributed by atoms with Crippen molar-refractivity contribution in [1.82, 2.24) is 4.98 Å². The Morgan fingerprint density at radius 1 is 1.24 bits per heavy atom. The molecule has 0 radical (unpaired) electrons. The zero-order valence-electron chi connectivity index (χ0n) is 16.2. The minimum atomic E-state index is -0.521. The third-order valence-corrected chi connectivity index (χ3v) is 6.01. The van der Waals surface area contributed by atoms with E-state index in [1.165, 1.54) is 7.11 Å². The molecule has 1 aliphatic rings. The SMILES string of the molecule is COc1ccncc1NC(=O)C1CC(=O)N(c2ccc(C)cc2)C1c1cccs1. The Balaban J connectivity index is 1.68. The van der Waals surface area contributed by atoms with Crippen LogP contribution in [-0.4, -0.2) is 23.9 Å². The van der Waals surface area contributed by atoms with Gasteiger partial charge in [0.2, 0.25) is 11.8 Å². The molecule has 0 bridgehead atoms. The van der Waals surface area contributed by atoms with Crippen molar-refractivity contribution in [3.05, 3.63) is 70.7 Å². The zero-order chi connectivity index (χ0) is 20.4. The average molecular weight is 407 g/mol. The Morgan fingerprint density at radius 3 is 2.72 bits per heavy atom. The lowest BCUT2D eigenvalue weighted by Gasteiger charge is -2.27. The summed E-state index contributed by atoms with van der Waals surface area (Å²) in [7, 11) is 1.54. The fourth-order valence-corrected chi connectivity index (χ4v) is 4.52. The second-order valence-electron chi connectivity index (χ2n) is 6.94. The summed E-state index contributed by atoms with van der Waals surface area (Å²) in [5, 5.41) is 4.86. The van der Waals surface area contributed by atoms with Crippen molar-refractivity contribution in [3.8, 4) is 5.75 Å². The molecule has 7 heteroatoms. The predicted molar refractivity (Wildman–Crippen MR) is 113 cm³/mol. The van der Waals surface area contributed by atoms with Gasteiger partial charge < -0.3 is 15.0 Å². The van der Waals surface area contributed by atoms with Gasteiger partial charge in [0.1, 0.15) is 11.4 Å². The fraction of sp³-hybridized carbons (Fsp3) is 0.227. The van der Waals surface area contributed by atoms with Crippen LogP contribution in [-0.2, 0) is 9.59 Å². The molecule has 3 heterocycles. The number of carbonyl (C=O) groups excluding carboxylic acids is 2. The maximum absolute atomic E-state index is 13.2. The Morgan fingerprint density at radius 2 is 2.03 bits per heavy atom. The van der Waals surface area contributed by atoms with E-state index in [4.69, 9.17) is 4.74 Å². The van der Waals surface area contributed by atoms with Crippen molar-refractivity contribution in [1.29, 1.82) is 0 Å². The average Bonchev–Trinajstić information content (AvgIpc) is 3.37. The molecule has 2 aromatic heterocycles. The molecule has 3 aromatic rings. The number of rotatable bonds is 5. The van der Waals surface area contributed by atoms with Crippen LogP contribution in [0.25, 0.3) is 0 Å². The summed E-state index contributed by atoms with van der Waals surface area (Å²) in [5.74, 6) is -0.281. The van der Waals surface area contributed by atoms with Crippen molar-refractivity contribution in [2.45, 2.75) is 19.4 Å². The predicted octanol–water partition coefficient (Wildman–Crippen LogP) is 4.19. The van der Waals surface area contributed by atoms with Gasteiger partial charge in [-0.3, -0.25) is 14.6 Å². The first kappa shape index (κ1) is 19.1. The molecule has 1 aromatic carbocycles. The Labute approximate surface area is 173 Å². The lowest BCUT2D eigenvalue weighted by Crippen LogP contribution is -2.32. The van der Waals surface area contributed by atoms with Crippen molar-refractivity contribution in [2.75, 3.05) is 17.3 Å². The van der Waals surface area contributed by atoms with Crippen LogP contribution in [0.5, 0.6) is 5.75 Å². The van der Waals surface area contributed by atoms with Crippen LogP contribution < -0.4 is 15.0 Å². The van der Waals surface area contributed by atoms with E-state index < -0.39 is 5.92 Å². The van der Waals surface area contributed by atoms with Crippen molar-refractivity contribution in [3.63, 3.8) is 0 Å². The van der Waals surface area contributed by atoms with E-state index in [0.717, 1.165) is 16.1 Å². The number of nitrogens with one attached hydrogen (secondary N) is 1. The van der Waals surface area contributed by atoms with Gasteiger partial charge in [-0.1, -0.05) is 23.8 Å². The number of ether oxygens (including phenoxy) is 1. The highest BCUT2D eigenvalue weighted by Crippen LogP contribution is 2.43. The van der Waals surface area contributed by atoms with Gasteiger partial charge >= 0.3 is 0 Å². The van der Waals surface area contributed by atoms with Crippen molar-refractivity contribution >= 4 is 34.5 Å². The Kier molecular flexibility index (Phi) is 5.31. The third-order valence-electron chi connectivity index (χ3n) is 5.06. The molecule has 1 N–H and O–H groups in total. The van der Waals surface area contributed by atoms with E-state index in [1.807, 2.05) is 48.7 Å². The van der Waals surface area contributed by atoms with Gasteiger partial charge in [-0.2, -0.15) is 0 Å². The van der Waals surface area contributed by atoms with E-state index in [-0.39, 0.29) is 24.3 Å². The minimum Gasteiger partial charge on any atom is -0.494 e. The second kappa shape index (κ2) is 8.05. The van der Waals surface area contributed by atoms with Crippen LogP contribution in [0.4, 0.5) is 11.4 Å².